The predicted molar refractivity (Wildman–Crippen MR) is 99.1 cm³/mol. The van der Waals surface area contributed by atoms with Crippen molar-refractivity contribution in [1.29, 1.82) is 0 Å². The zero-order valence-corrected chi connectivity index (χ0v) is 14.9. The maximum atomic E-state index is 12.0. The van der Waals surface area contributed by atoms with E-state index in [1.807, 2.05) is 29.1 Å². The second kappa shape index (κ2) is 6.80. The Morgan fingerprint density at radius 3 is 2.84 bits per heavy atom. The van der Waals surface area contributed by atoms with Crippen LogP contribution in [0.2, 0.25) is 0 Å². The number of nitrogens with zero attached hydrogens (tertiary/aromatic N) is 3. The van der Waals surface area contributed by atoms with Crippen LogP contribution in [0.3, 0.4) is 0 Å². The Kier molecular flexibility index (Phi) is 4.36. The summed E-state index contributed by atoms with van der Waals surface area (Å²) in [4.78, 5) is 17.3. The summed E-state index contributed by atoms with van der Waals surface area (Å²) < 4.78 is 1.98. The molecule has 3 heterocycles. The number of amides is 1. The third kappa shape index (κ3) is 3.35. The van der Waals surface area contributed by atoms with Crippen molar-refractivity contribution >= 4 is 17.2 Å². The Morgan fingerprint density at radius 1 is 1.36 bits per heavy atom. The fourth-order valence-corrected chi connectivity index (χ4v) is 3.86. The van der Waals surface area contributed by atoms with E-state index >= 15 is 0 Å². The molecule has 1 saturated carbocycles. The van der Waals surface area contributed by atoms with Gasteiger partial charge in [0.25, 0.3) is 0 Å². The molecular formula is C19H20N4OS. The first kappa shape index (κ1) is 16.0. The van der Waals surface area contributed by atoms with Crippen LogP contribution in [0.5, 0.6) is 0 Å². The third-order valence-corrected chi connectivity index (χ3v) is 5.53. The number of hydrogen-bond donors (Lipinski definition) is 1. The molecule has 0 spiro atoms. The molecular weight excluding hydrogens is 332 g/mol. The average Bonchev–Trinajstić information content (AvgIpc) is 3.04. The predicted octanol–water partition coefficient (Wildman–Crippen LogP) is 3.45. The van der Waals surface area contributed by atoms with Gasteiger partial charge in [-0.15, -0.1) is 11.3 Å². The van der Waals surface area contributed by atoms with Gasteiger partial charge in [-0.25, -0.2) is 0 Å². The van der Waals surface area contributed by atoms with Crippen LogP contribution in [-0.2, 0) is 11.3 Å². The smallest absolute Gasteiger partial charge is 0.223 e. The van der Waals surface area contributed by atoms with Gasteiger partial charge in [0, 0.05) is 30.4 Å². The van der Waals surface area contributed by atoms with Gasteiger partial charge >= 0.3 is 0 Å². The van der Waals surface area contributed by atoms with E-state index in [9.17, 15) is 4.79 Å². The zero-order valence-electron chi connectivity index (χ0n) is 14.1. The SMILES string of the molecule is CC1CC1C(=O)NCCn1ncc(-c2ccncc2)c1-c1cccs1. The van der Waals surface area contributed by atoms with Crippen molar-refractivity contribution in [3.05, 3.63) is 48.2 Å². The molecule has 1 amide bonds. The van der Waals surface area contributed by atoms with Crippen molar-refractivity contribution in [2.45, 2.75) is 19.9 Å². The standard InChI is InChI=1S/C19H20N4OS/c1-13-11-15(13)19(24)21-8-9-23-18(17-3-2-10-25-17)16(12-22-23)14-4-6-20-7-5-14/h2-7,10,12-13,15H,8-9,11H2,1H3,(H,21,24). The lowest BCUT2D eigenvalue weighted by Gasteiger charge is -2.10. The Bertz CT molecular complexity index is 857. The highest BCUT2D eigenvalue weighted by atomic mass is 32.1. The number of pyridine rings is 1. The van der Waals surface area contributed by atoms with E-state index in [2.05, 4.69) is 33.8 Å². The molecule has 3 aromatic rings. The number of hydrogen-bond acceptors (Lipinski definition) is 4. The van der Waals surface area contributed by atoms with Gasteiger partial charge in [-0.2, -0.15) is 5.10 Å². The van der Waals surface area contributed by atoms with Gasteiger partial charge in [0.1, 0.15) is 0 Å². The minimum atomic E-state index is 0.173. The summed E-state index contributed by atoms with van der Waals surface area (Å²) in [5, 5.41) is 9.68. The second-order valence-corrected chi connectivity index (χ2v) is 7.40. The number of carbonyl (C=O) groups excluding carboxylic acids is 1. The highest BCUT2D eigenvalue weighted by Gasteiger charge is 2.38. The van der Waals surface area contributed by atoms with E-state index in [4.69, 9.17) is 0 Å². The van der Waals surface area contributed by atoms with Gasteiger partial charge in [-0.3, -0.25) is 14.5 Å². The lowest BCUT2D eigenvalue weighted by atomic mass is 10.1. The molecule has 0 aliphatic heterocycles. The largest absolute Gasteiger partial charge is 0.354 e. The fraction of sp³-hybridized carbons (Fsp3) is 0.316. The highest BCUT2D eigenvalue weighted by Crippen LogP contribution is 2.37. The summed E-state index contributed by atoms with van der Waals surface area (Å²) in [6.45, 7) is 3.37. The Hall–Kier alpha value is -2.47. The molecule has 1 aliphatic rings. The second-order valence-electron chi connectivity index (χ2n) is 6.45. The van der Waals surface area contributed by atoms with Crippen molar-refractivity contribution in [2.24, 2.45) is 11.8 Å². The Morgan fingerprint density at radius 2 is 2.16 bits per heavy atom. The maximum absolute atomic E-state index is 12.0. The molecule has 1 aliphatic carbocycles. The lowest BCUT2D eigenvalue weighted by Crippen LogP contribution is -2.29. The fourth-order valence-electron chi connectivity index (χ4n) is 3.07. The van der Waals surface area contributed by atoms with Gasteiger partial charge < -0.3 is 5.32 Å². The number of aromatic nitrogens is 3. The van der Waals surface area contributed by atoms with Crippen molar-refractivity contribution in [3.8, 4) is 21.7 Å². The highest BCUT2D eigenvalue weighted by molar-refractivity contribution is 7.13. The zero-order chi connectivity index (χ0) is 17.2. The summed E-state index contributed by atoms with van der Waals surface area (Å²) in [7, 11) is 0. The van der Waals surface area contributed by atoms with Gasteiger partial charge in [-0.1, -0.05) is 13.0 Å². The van der Waals surface area contributed by atoms with Crippen LogP contribution in [-0.4, -0.2) is 27.2 Å². The third-order valence-electron chi connectivity index (χ3n) is 4.65. The van der Waals surface area contributed by atoms with E-state index in [0.29, 0.717) is 19.0 Å². The molecule has 5 nitrogen and oxygen atoms in total. The molecule has 0 radical (unpaired) electrons. The van der Waals surface area contributed by atoms with Gasteiger partial charge in [0.2, 0.25) is 5.91 Å². The topological polar surface area (TPSA) is 59.8 Å². The van der Waals surface area contributed by atoms with E-state index in [-0.39, 0.29) is 11.8 Å². The molecule has 0 bridgehead atoms. The summed E-state index contributed by atoms with van der Waals surface area (Å²) in [6, 6.07) is 8.14. The van der Waals surface area contributed by atoms with Crippen molar-refractivity contribution < 1.29 is 4.79 Å². The first-order chi connectivity index (χ1) is 12.2. The van der Waals surface area contributed by atoms with Crippen molar-refractivity contribution in [3.63, 3.8) is 0 Å². The monoisotopic (exact) mass is 352 g/mol. The van der Waals surface area contributed by atoms with Crippen LogP contribution in [0.25, 0.3) is 21.7 Å². The van der Waals surface area contributed by atoms with Gasteiger partial charge in [0.15, 0.2) is 0 Å². The van der Waals surface area contributed by atoms with Crippen molar-refractivity contribution in [2.75, 3.05) is 6.54 Å². The van der Waals surface area contributed by atoms with E-state index < -0.39 is 0 Å². The molecule has 3 aromatic heterocycles. The molecule has 25 heavy (non-hydrogen) atoms. The first-order valence-electron chi connectivity index (χ1n) is 8.52. The van der Waals surface area contributed by atoms with Crippen molar-refractivity contribution in [1.82, 2.24) is 20.1 Å². The normalized spacial score (nSPS) is 18.9. The molecule has 1 fully saturated rings. The summed E-state index contributed by atoms with van der Waals surface area (Å²) in [6.07, 6.45) is 6.50. The molecule has 128 valence electrons. The molecule has 0 aromatic carbocycles. The first-order valence-corrected chi connectivity index (χ1v) is 9.40. The number of thiophene rings is 1. The van der Waals surface area contributed by atoms with Crippen LogP contribution in [0.1, 0.15) is 13.3 Å². The molecule has 1 N–H and O–H groups in total. The van der Waals surface area contributed by atoms with Crippen LogP contribution in [0, 0.1) is 11.8 Å². The van der Waals surface area contributed by atoms with E-state index in [1.165, 1.54) is 4.88 Å². The minimum absolute atomic E-state index is 0.173. The Balaban J connectivity index is 1.55. The van der Waals surface area contributed by atoms with Crippen LogP contribution in [0.4, 0.5) is 0 Å². The quantitative estimate of drug-likeness (QED) is 0.739. The van der Waals surface area contributed by atoms with E-state index in [0.717, 1.165) is 23.2 Å². The van der Waals surface area contributed by atoms with Crippen LogP contribution in [0.15, 0.2) is 48.2 Å². The molecule has 4 rings (SSSR count). The number of rotatable bonds is 6. The average molecular weight is 352 g/mol. The Labute approximate surface area is 150 Å². The summed E-state index contributed by atoms with van der Waals surface area (Å²) in [5.41, 5.74) is 3.28. The minimum Gasteiger partial charge on any atom is -0.354 e. The number of nitrogens with one attached hydrogen (secondary N) is 1. The van der Waals surface area contributed by atoms with Crippen LogP contribution < -0.4 is 5.32 Å². The lowest BCUT2D eigenvalue weighted by molar-refractivity contribution is -0.122. The van der Waals surface area contributed by atoms with Crippen LogP contribution >= 0.6 is 11.3 Å². The molecule has 2 atom stereocenters. The van der Waals surface area contributed by atoms with E-state index in [1.54, 1.807) is 23.7 Å². The van der Waals surface area contributed by atoms with Gasteiger partial charge in [-0.05, 0) is 41.5 Å². The number of carbonyl (C=O) groups is 1. The summed E-state index contributed by atoms with van der Waals surface area (Å²) >= 11 is 1.69. The molecule has 0 saturated heterocycles. The summed E-state index contributed by atoms with van der Waals surface area (Å²) in [5.74, 6) is 0.915. The molecule has 6 heteroatoms. The maximum Gasteiger partial charge on any atom is 0.223 e. The molecule has 2 unspecified atom stereocenters. The van der Waals surface area contributed by atoms with Gasteiger partial charge in [0.05, 0.1) is 23.3 Å².